The van der Waals surface area contributed by atoms with Gasteiger partial charge < -0.3 is 15.3 Å². The van der Waals surface area contributed by atoms with Crippen molar-refractivity contribution < 1.29 is 5.11 Å². The van der Waals surface area contributed by atoms with Gasteiger partial charge in [0.25, 0.3) is 0 Å². The monoisotopic (exact) mass is 158 g/mol. The summed E-state index contributed by atoms with van der Waals surface area (Å²) in [6, 6.07) is 0. The van der Waals surface area contributed by atoms with Gasteiger partial charge in [-0.3, -0.25) is 0 Å². The molecule has 1 atom stereocenters. The van der Waals surface area contributed by atoms with Gasteiger partial charge in [-0.05, 0) is 26.6 Å². The second-order valence-electron chi connectivity index (χ2n) is 3.46. The number of nitrogens with one attached hydrogen (secondary N) is 1. The van der Waals surface area contributed by atoms with Gasteiger partial charge in [-0.25, -0.2) is 0 Å². The molecule has 1 heterocycles. The van der Waals surface area contributed by atoms with Crippen molar-refractivity contribution >= 4 is 0 Å². The molecule has 1 saturated heterocycles. The van der Waals surface area contributed by atoms with Crippen LogP contribution in [0.15, 0.2) is 0 Å². The topological polar surface area (TPSA) is 35.5 Å². The molecule has 0 aromatic rings. The van der Waals surface area contributed by atoms with E-state index in [0.29, 0.717) is 0 Å². The van der Waals surface area contributed by atoms with Crippen molar-refractivity contribution in [2.45, 2.75) is 18.9 Å². The zero-order chi connectivity index (χ0) is 8.32. The SMILES string of the molecule is CCNC1(CO)CCN(C)C1. The summed E-state index contributed by atoms with van der Waals surface area (Å²) in [6.45, 7) is 5.33. The van der Waals surface area contributed by atoms with Crippen molar-refractivity contribution in [1.29, 1.82) is 0 Å². The van der Waals surface area contributed by atoms with Gasteiger partial charge >= 0.3 is 0 Å². The van der Waals surface area contributed by atoms with E-state index in [4.69, 9.17) is 0 Å². The molecule has 0 amide bonds. The Morgan fingerprint density at radius 3 is 2.73 bits per heavy atom. The Labute approximate surface area is 68.4 Å². The first-order valence-corrected chi connectivity index (χ1v) is 4.27. The third kappa shape index (κ3) is 1.92. The van der Waals surface area contributed by atoms with E-state index in [2.05, 4.69) is 24.2 Å². The molecule has 1 fully saturated rings. The van der Waals surface area contributed by atoms with Gasteiger partial charge in [-0.15, -0.1) is 0 Å². The maximum Gasteiger partial charge on any atom is 0.0626 e. The summed E-state index contributed by atoms with van der Waals surface area (Å²) in [5, 5.41) is 12.5. The van der Waals surface area contributed by atoms with Crippen LogP contribution in [0.5, 0.6) is 0 Å². The van der Waals surface area contributed by atoms with Crippen LogP contribution < -0.4 is 5.32 Å². The van der Waals surface area contributed by atoms with Gasteiger partial charge in [-0.2, -0.15) is 0 Å². The molecule has 0 aromatic carbocycles. The molecule has 1 aliphatic heterocycles. The quantitative estimate of drug-likeness (QED) is 0.590. The molecule has 0 radical (unpaired) electrons. The molecule has 0 saturated carbocycles. The lowest BCUT2D eigenvalue weighted by Crippen LogP contribution is -2.50. The zero-order valence-electron chi connectivity index (χ0n) is 7.43. The van der Waals surface area contributed by atoms with E-state index in [-0.39, 0.29) is 12.1 Å². The summed E-state index contributed by atoms with van der Waals surface area (Å²) < 4.78 is 0. The average Bonchev–Trinajstić information content (AvgIpc) is 2.34. The third-order valence-corrected chi connectivity index (χ3v) is 2.40. The standard InChI is InChI=1S/C8H18N2O/c1-3-9-8(7-11)4-5-10(2)6-8/h9,11H,3-7H2,1-2H3. The first kappa shape index (κ1) is 8.97. The van der Waals surface area contributed by atoms with Gasteiger partial charge in [0.1, 0.15) is 0 Å². The second kappa shape index (κ2) is 3.52. The van der Waals surface area contributed by atoms with Crippen LogP contribution in [0.1, 0.15) is 13.3 Å². The highest BCUT2D eigenvalue weighted by Gasteiger charge is 2.34. The molecule has 0 bridgehead atoms. The van der Waals surface area contributed by atoms with Crippen LogP contribution in [0.25, 0.3) is 0 Å². The number of aliphatic hydroxyl groups is 1. The first-order chi connectivity index (χ1) is 5.22. The van der Waals surface area contributed by atoms with Crippen molar-refractivity contribution in [3.63, 3.8) is 0 Å². The molecule has 2 N–H and O–H groups in total. The normalized spacial score (nSPS) is 33.0. The highest BCUT2D eigenvalue weighted by atomic mass is 16.3. The fourth-order valence-corrected chi connectivity index (χ4v) is 1.78. The van der Waals surface area contributed by atoms with E-state index in [1.165, 1.54) is 0 Å². The predicted octanol–water partition coefficient (Wildman–Crippen LogP) is -0.337. The summed E-state index contributed by atoms with van der Waals surface area (Å²) in [4.78, 5) is 2.25. The molecular formula is C8H18N2O. The molecule has 3 nitrogen and oxygen atoms in total. The summed E-state index contributed by atoms with van der Waals surface area (Å²) >= 11 is 0. The van der Waals surface area contributed by atoms with Crippen molar-refractivity contribution in [3.05, 3.63) is 0 Å². The number of likely N-dealkylation sites (N-methyl/N-ethyl adjacent to an activating group) is 2. The highest BCUT2D eigenvalue weighted by molar-refractivity contribution is 4.95. The maximum atomic E-state index is 9.18. The Balaban J connectivity index is 2.48. The minimum Gasteiger partial charge on any atom is -0.394 e. The summed E-state index contributed by atoms with van der Waals surface area (Å²) in [7, 11) is 2.09. The van der Waals surface area contributed by atoms with Crippen LogP contribution in [0, 0.1) is 0 Å². The fraction of sp³-hybridized carbons (Fsp3) is 1.00. The first-order valence-electron chi connectivity index (χ1n) is 4.27. The second-order valence-corrected chi connectivity index (χ2v) is 3.46. The Bertz CT molecular complexity index is 125. The molecule has 1 rings (SSSR count). The average molecular weight is 158 g/mol. The lowest BCUT2D eigenvalue weighted by atomic mass is 10.0. The number of aliphatic hydroxyl groups excluding tert-OH is 1. The molecular weight excluding hydrogens is 140 g/mol. The minimum absolute atomic E-state index is 0.0104. The van der Waals surface area contributed by atoms with E-state index < -0.39 is 0 Å². The predicted molar refractivity (Wildman–Crippen MR) is 45.6 cm³/mol. The van der Waals surface area contributed by atoms with Crippen LogP contribution in [0.3, 0.4) is 0 Å². The number of hydrogen-bond donors (Lipinski definition) is 2. The largest absolute Gasteiger partial charge is 0.394 e. The molecule has 0 aliphatic carbocycles. The summed E-state index contributed by atoms with van der Waals surface area (Å²) in [5.74, 6) is 0. The fourth-order valence-electron chi connectivity index (χ4n) is 1.78. The number of rotatable bonds is 3. The van der Waals surface area contributed by atoms with E-state index >= 15 is 0 Å². The van der Waals surface area contributed by atoms with Gasteiger partial charge in [0, 0.05) is 6.54 Å². The van der Waals surface area contributed by atoms with Crippen molar-refractivity contribution in [1.82, 2.24) is 10.2 Å². The molecule has 0 spiro atoms. The van der Waals surface area contributed by atoms with Gasteiger partial charge in [0.15, 0.2) is 0 Å². The third-order valence-electron chi connectivity index (χ3n) is 2.40. The lowest BCUT2D eigenvalue weighted by molar-refractivity contribution is 0.167. The molecule has 11 heavy (non-hydrogen) atoms. The number of likely N-dealkylation sites (tertiary alicyclic amines) is 1. The zero-order valence-corrected chi connectivity index (χ0v) is 7.43. The molecule has 1 unspecified atom stereocenters. The van der Waals surface area contributed by atoms with Crippen LogP contribution in [-0.4, -0.2) is 48.8 Å². The van der Waals surface area contributed by atoms with Gasteiger partial charge in [-0.1, -0.05) is 6.92 Å². The van der Waals surface area contributed by atoms with Crippen molar-refractivity contribution in [2.24, 2.45) is 0 Å². The van der Waals surface area contributed by atoms with Crippen LogP contribution in [0.4, 0.5) is 0 Å². The molecule has 66 valence electrons. The Morgan fingerprint density at radius 1 is 1.64 bits per heavy atom. The Kier molecular flexibility index (Phi) is 2.87. The Morgan fingerprint density at radius 2 is 2.36 bits per heavy atom. The van der Waals surface area contributed by atoms with Gasteiger partial charge in [0.05, 0.1) is 12.1 Å². The number of nitrogens with zero attached hydrogens (tertiary/aromatic N) is 1. The van der Waals surface area contributed by atoms with E-state index in [1.807, 2.05) is 0 Å². The summed E-state index contributed by atoms with van der Waals surface area (Å²) in [5.41, 5.74) is -0.0104. The lowest BCUT2D eigenvalue weighted by Gasteiger charge is -2.27. The summed E-state index contributed by atoms with van der Waals surface area (Å²) in [6.07, 6.45) is 1.06. The van der Waals surface area contributed by atoms with Crippen LogP contribution in [-0.2, 0) is 0 Å². The van der Waals surface area contributed by atoms with Crippen molar-refractivity contribution in [3.8, 4) is 0 Å². The van der Waals surface area contributed by atoms with E-state index in [9.17, 15) is 5.11 Å². The van der Waals surface area contributed by atoms with Crippen molar-refractivity contribution in [2.75, 3.05) is 33.3 Å². The number of hydrogen-bond acceptors (Lipinski definition) is 3. The van der Waals surface area contributed by atoms with Gasteiger partial charge in [0.2, 0.25) is 0 Å². The minimum atomic E-state index is -0.0104. The maximum absolute atomic E-state index is 9.18. The Hall–Kier alpha value is -0.120. The molecule has 1 aliphatic rings. The van der Waals surface area contributed by atoms with Crippen LogP contribution >= 0.6 is 0 Å². The van der Waals surface area contributed by atoms with E-state index in [1.54, 1.807) is 0 Å². The smallest absolute Gasteiger partial charge is 0.0626 e. The highest BCUT2D eigenvalue weighted by Crippen LogP contribution is 2.18. The van der Waals surface area contributed by atoms with E-state index in [0.717, 1.165) is 26.1 Å². The molecule has 3 heteroatoms. The van der Waals surface area contributed by atoms with Crippen LogP contribution in [0.2, 0.25) is 0 Å². The molecule has 0 aromatic heterocycles.